The smallest absolute Gasteiger partial charge is 0.126 e. The summed E-state index contributed by atoms with van der Waals surface area (Å²) in [5, 5.41) is 4.15. The number of aromatic nitrogens is 1. The summed E-state index contributed by atoms with van der Waals surface area (Å²) in [4.78, 5) is 6.66. The summed E-state index contributed by atoms with van der Waals surface area (Å²) in [6, 6.07) is 4.97. The van der Waals surface area contributed by atoms with E-state index in [1.54, 1.807) is 6.20 Å². The third-order valence-electron chi connectivity index (χ3n) is 3.29. The van der Waals surface area contributed by atoms with E-state index in [1.807, 2.05) is 12.1 Å². The zero-order chi connectivity index (χ0) is 11.5. The van der Waals surface area contributed by atoms with Crippen molar-refractivity contribution < 1.29 is 0 Å². The molecule has 2 heterocycles. The largest absolute Gasteiger partial charge is 0.367 e. The molecule has 4 heteroatoms. The van der Waals surface area contributed by atoms with Gasteiger partial charge in [-0.05, 0) is 38.9 Å². The number of nitrogens with one attached hydrogen (secondary N) is 1. The minimum absolute atomic E-state index is 0.528. The molecule has 1 saturated heterocycles. The van der Waals surface area contributed by atoms with Gasteiger partial charge in [-0.25, -0.2) is 4.98 Å². The van der Waals surface area contributed by atoms with Crippen LogP contribution in [0.25, 0.3) is 0 Å². The molecule has 0 aliphatic carbocycles. The average molecular weight is 240 g/mol. The molecule has 2 atom stereocenters. The Balaban J connectivity index is 1.93. The number of nitrogens with zero attached hydrogens (tertiary/aromatic N) is 2. The van der Waals surface area contributed by atoms with Gasteiger partial charge in [-0.1, -0.05) is 11.6 Å². The van der Waals surface area contributed by atoms with Gasteiger partial charge in [0.2, 0.25) is 0 Å². The molecule has 1 aromatic rings. The minimum atomic E-state index is 0.528. The maximum atomic E-state index is 5.80. The molecule has 0 saturated carbocycles. The lowest BCUT2D eigenvalue weighted by Crippen LogP contribution is -2.42. The highest BCUT2D eigenvalue weighted by Crippen LogP contribution is 2.19. The molecule has 1 fully saturated rings. The van der Waals surface area contributed by atoms with Crippen molar-refractivity contribution in [2.24, 2.45) is 0 Å². The highest BCUT2D eigenvalue weighted by Gasteiger charge is 2.22. The Morgan fingerprint density at radius 2 is 2.31 bits per heavy atom. The van der Waals surface area contributed by atoms with Crippen LogP contribution < -0.4 is 5.32 Å². The van der Waals surface area contributed by atoms with Crippen LogP contribution in [-0.4, -0.2) is 35.6 Å². The van der Waals surface area contributed by atoms with Crippen molar-refractivity contribution in [3.63, 3.8) is 0 Å². The fraction of sp³-hybridized carbons (Fsp3) is 0.583. The molecule has 0 bridgehead atoms. The molecule has 0 aromatic carbocycles. The number of likely N-dealkylation sites (tertiary alicyclic amines) is 1. The minimum Gasteiger partial charge on any atom is -0.367 e. The fourth-order valence-electron chi connectivity index (χ4n) is 2.09. The van der Waals surface area contributed by atoms with E-state index in [0.717, 1.165) is 12.4 Å². The third-order valence-corrected chi connectivity index (χ3v) is 3.51. The van der Waals surface area contributed by atoms with E-state index in [1.165, 1.54) is 12.8 Å². The molecule has 0 radical (unpaired) electrons. The van der Waals surface area contributed by atoms with E-state index in [9.17, 15) is 0 Å². The van der Waals surface area contributed by atoms with Crippen LogP contribution in [0.4, 0.5) is 5.82 Å². The summed E-state index contributed by atoms with van der Waals surface area (Å²) >= 11 is 5.80. The monoisotopic (exact) mass is 239 g/mol. The Labute approximate surface area is 102 Å². The Hall–Kier alpha value is -0.800. The first-order valence-electron chi connectivity index (χ1n) is 5.73. The highest BCUT2D eigenvalue weighted by atomic mass is 35.5. The zero-order valence-corrected chi connectivity index (χ0v) is 10.5. The number of anilines is 1. The van der Waals surface area contributed by atoms with Gasteiger partial charge in [0.1, 0.15) is 5.82 Å². The first-order chi connectivity index (χ1) is 7.65. The normalized spacial score (nSPS) is 26.7. The van der Waals surface area contributed by atoms with E-state index in [-0.39, 0.29) is 0 Å². The third kappa shape index (κ3) is 2.86. The van der Waals surface area contributed by atoms with Crippen LogP contribution in [0.3, 0.4) is 0 Å². The molecule has 3 nitrogen and oxygen atoms in total. The lowest BCUT2D eigenvalue weighted by molar-refractivity contribution is 0.190. The van der Waals surface area contributed by atoms with Crippen molar-refractivity contribution in [2.45, 2.75) is 31.8 Å². The van der Waals surface area contributed by atoms with Crippen LogP contribution in [0.1, 0.15) is 19.8 Å². The second kappa shape index (κ2) is 5.02. The first kappa shape index (κ1) is 11.7. The van der Waals surface area contributed by atoms with Crippen molar-refractivity contribution in [1.29, 1.82) is 0 Å². The van der Waals surface area contributed by atoms with Gasteiger partial charge in [0, 0.05) is 24.8 Å². The second-order valence-electron chi connectivity index (χ2n) is 4.56. The molecular formula is C12H18ClN3. The van der Waals surface area contributed by atoms with Gasteiger partial charge in [0.25, 0.3) is 0 Å². The maximum absolute atomic E-state index is 5.80. The van der Waals surface area contributed by atoms with Crippen LogP contribution in [0.15, 0.2) is 18.3 Å². The van der Waals surface area contributed by atoms with E-state index in [4.69, 9.17) is 11.6 Å². The van der Waals surface area contributed by atoms with Gasteiger partial charge in [0.05, 0.1) is 5.02 Å². The molecule has 0 spiro atoms. The molecule has 16 heavy (non-hydrogen) atoms. The Kier molecular flexibility index (Phi) is 3.66. The number of hydrogen-bond acceptors (Lipinski definition) is 3. The van der Waals surface area contributed by atoms with E-state index in [2.05, 4.69) is 29.2 Å². The van der Waals surface area contributed by atoms with Crippen LogP contribution in [0.2, 0.25) is 5.02 Å². The van der Waals surface area contributed by atoms with Gasteiger partial charge >= 0.3 is 0 Å². The van der Waals surface area contributed by atoms with E-state index >= 15 is 0 Å². The number of piperidine rings is 1. The SMILES string of the molecule is CC1CC(Nc2ccc(Cl)cn2)CCN1C. The molecule has 2 rings (SSSR count). The predicted molar refractivity (Wildman–Crippen MR) is 68.0 cm³/mol. The molecule has 88 valence electrons. The molecule has 0 amide bonds. The molecule has 1 N–H and O–H groups in total. The average Bonchev–Trinajstić information content (AvgIpc) is 2.27. The van der Waals surface area contributed by atoms with Gasteiger partial charge in [-0.2, -0.15) is 0 Å². The van der Waals surface area contributed by atoms with Gasteiger partial charge < -0.3 is 10.2 Å². The Morgan fingerprint density at radius 1 is 1.50 bits per heavy atom. The summed E-state index contributed by atoms with van der Waals surface area (Å²) in [6.07, 6.45) is 4.02. The highest BCUT2D eigenvalue weighted by molar-refractivity contribution is 6.30. The summed E-state index contributed by atoms with van der Waals surface area (Å²) in [6.45, 7) is 3.41. The summed E-state index contributed by atoms with van der Waals surface area (Å²) < 4.78 is 0. The Bertz CT molecular complexity index is 339. The van der Waals surface area contributed by atoms with Crippen LogP contribution in [0, 0.1) is 0 Å². The number of pyridine rings is 1. The van der Waals surface area contributed by atoms with Crippen molar-refractivity contribution in [2.75, 3.05) is 18.9 Å². The van der Waals surface area contributed by atoms with E-state index in [0.29, 0.717) is 17.1 Å². The van der Waals surface area contributed by atoms with Gasteiger partial charge in [-0.3, -0.25) is 0 Å². The molecule has 2 unspecified atom stereocenters. The second-order valence-corrected chi connectivity index (χ2v) is 4.99. The van der Waals surface area contributed by atoms with Crippen LogP contribution >= 0.6 is 11.6 Å². The number of hydrogen-bond donors (Lipinski definition) is 1. The van der Waals surface area contributed by atoms with Crippen molar-refractivity contribution in [3.05, 3.63) is 23.4 Å². The number of halogens is 1. The van der Waals surface area contributed by atoms with E-state index < -0.39 is 0 Å². The number of rotatable bonds is 2. The molecule has 1 aromatic heterocycles. The van der Waals surface area contributed by atoms with Crippen LogP contribution in [0.5, 0.6) is 0 Å². The zero-order valence-electron chi connectivity index (χ0n) is 9.78. The summed E-state index contributed by atoms with van der Waals surface area (Å²) in [5.41, 5.74) is 0. The summed E-state index contributed by atoms with van der Waals surface area (Å²) in [7, 11) is 2.18. The quantitative estimate of drug-likeness (QED) is 0.860. The topological polar surface area (TPSA) is 28.2 Å². The lowest BCUT2D eigenvalue weighted by Gasteiger charge is -2.35. The van der Waals surface area contributed by atoms with Gasteiger partial charge in [-0.15, -0.1) is 0 Å². The standard InChI is InChI=1S/C12H18ClN3/c1-9-7-11(5-6-16(9)2)15-12-4-3-10(13)8-14-12/h3-4,8-9,11H,5-7H2,1-2H3,(H,14,15). The lowest BCUT2D eigenvalue weighted by atomic mass is 9.99. The first-order valence-corrected chi connectivity index (χ1v) is 6.11. The molecular weight excluding hydrogens is 222 g/mol. The summed E-state index contributed by atoms with van der Waals surface area (Å²) in [5.74, 6) is 0.922. The van der Waals surface area contributed by atoms with Gasteiger partial charge in [0.15, 0.2) is 0 Å². The fourth-order valence-corrected chi connectivity index (χ4v) is 2.20. The van der Waals surface area contributed by atoms with Crippen molar-refractivity contribution in [3.8, 4) is 0 Å². The maximum Gasteiger partial charge on any atom is 0.126 e. The van der Waals surface area contributed by atoms with Crippen molar-refractivity contribution in [1.82, 2.24) is 9.88 Å². The van der Waals surface area contributed by atoms with Crippen molar-refractivity contribution >= 4 is 17.4 Å². The molecule has 1 aliphatic heterocycles. The Morgan fingerprint density at radius 3 is 2.94 bits per heavy atom. The van der Waals surface area contributed by atoms with Crippen LogP contribution in [-0.2, 0) is 0 Å². The molecule has 1 aliphatic rings. The predicted octanol–water partition coefficient (Wildman–Crippen LogP) is 2.63.